The van der Waals surface area contributed by atoms with Crippen molar-refractivity contribution in [1.82, 2.24) is 29.7 Å². The minimum absolute atomic E-state index is 0.0248. The number of ether oxygens (including phenoxy) is 1. The van der Waals surface area contributed by atoms with Gasteiger partial charge in [-0.2, -0.15) is 26.7 Å². The Bertz CT molecular complexity index is 2010. The Labute approximate surface area is 276 Å². The standard InChI is InChI=1S/C31H28F5N9O3S/c1-3-48-21-14-23(32)22(24(33)15-21)16-45-27(18-4-5-18)17(2)25(43-45)28-41-29(39-19-6-10-37-11-7-19)26(44-49(46,47)31(34,35)36)30(42-28)40-20-8-12-38-13-9-20/h6-15,18,44H,3-5,16H2,1-2H3,(H2,37,38,39,40,41,42). The third-order valence-electron chi connectivity index (χ3n) is 7.48. The Hall–Kier alpha value is -5.39. The van der Waals surface area contributed by atoms with Crippen molar-refractivity contribution in [3.05, 3.63) is 89.6 Å². The lowest BCUT2D eigenvalue weighted by atomic mass is 10.1. The van der Waals surface area contributed by atoms with Crippen LogP contribution in [0.15, 0.2) is 61.2 Å². The molecule has 1 fully saturated rings. The molecule has 0 amide bonds. The molecule has 18 heteroatoms. The summed E-state index contributed by atoms with van der Waals surface area (Å²) in [6.45, 7) is 3.35. The SMILES string of the molecule is CCOc1cc(F)c(Cn2nc(-c3nc(Nc4ccncc4)c(NS(=O)(=O)C(F)(F)F)c(Nc4ccncc4)n3)c(C)c2C2CC2)c(F)c1. The highest BCUT2D eigenvalue weighted by atomic mass is 32.2. The number of anilines is 5. The van der Waals surface area contributed by atoms with Gasteiger partial charge >= 0.3 is 15.5 Å². The van der Waals surface area contributed by atoms with Crippen molar-refractivity contribution >= 4 is 38.7 Å². The minimum Gasteiger partial charge on any atom is -0.494 e. The van der Waals surface area contributed by atoms with Crippen molar-refractivity contribution in [2.75, 3.05) is 22.0 Å². The summed E-state index contributed by atoms with van der Waals surface area (Å²) in [5.74, 6) is -2.42. The van der Waals surface area contributed by atoms with E-state index >= 15 is 8.78 Å². The zero-order chi connectivity index (χ0) is 34.9. The molecule has 1 aromatic carbocycles. The number of benzene rings is 1. The molecule has 5 aromatic rings. The molecule has 12 nitrogen and oxygen atoms in total. The summed E-state index contributed by atoms with van der Waals surface area (Å²) in [6, 6.07) is 8.15. The molecule has 0 bridgehead atoms. The molecule has 0 unspecified atom stereocenters. The van der Waals surface area contributed by atoms with Crippen LogP contribution < -0.4 is 20.1 Å². The van der Waals surface area contributed by atoms with Crippen LogP contribution in [0.5, 0.6) is 5.75 Å². The van der Waals surface area contributed by atoms with Crippen molar-refractivity contribution in [2.45, 2.75) is 44.7 Å². The number of halogens is 5. The van der Waals surface area contributed by atoms with Crippen LogP contribution in [0.4, 0.5) is 50.6 Å². The third-order valence-corrected chi connectivity index (χ3v) is 8.57. The summed E-state index contributed by atoms with van der Waals surface area (Å²) in [5, 5.41) is 10.3. The number of sulfonamides is 1. The van der Waals surface area contributed by atoms with Crippen LogP contribution in [-0.2, 0) is 16.6 Å². The Morgan fingerprint density at radius 3 is 1.92 bits per heavy atom. The van der Waals surface area contributed by atoms with E-state index in [9.17, 15) is 21.6 Å². The van der Waals surface area contributed by atoms with E-state index in [0.29, 0.717) is 22.6 Å². The first-order valence-electron chi connectivity index (χ1n) is 14.9. The van der Waals surface area contributed by atoms with Crippen molar-refractivity contribution in [1.29, 1.82) is 0 Å². The quantitative estimate of drug-likeness (QED) is 0.119. The van der Waals surface area contributed by atoms with Crippen LogP contribution in [0.2, 0.25) is 0 Å². The van der Waals surface area contributed by atoms with Crippen LogP contribution in [0.1, 0.15) is 42.5 Å². The van der Waals surface area contributed by atoms with E-state index in [2.05, 4.69) is 35.7 Å². The van der Waals surface area contributed by atoms with Gasteiger partial charge in [0.25, 0.3) is 0 Å². The lowest BCUT2D eigenvalue weighted by molar-refractivity contribution is -0.0429. The summed E-state index contributed by atoms with van der Waals surface area (Å²) >= 11 is 0. The molecule has 256 valence electrons. The maximum absolute atomic E-state index is 15.1. The van der Waals surface area contributed by atoms with Crippen molar-refractivity contribution in [3.8, 4) is 17.3 Å². The largest absolute Gasteiger partial charge is 0.516 e. The van der Waals surface area contributed by atoms with Crippen molar-refractivity contribution in [2.24, 2.45) is 0 Å². The first kappa shape index (κ1) is 33.5. The van der Waals surface area contributed by atoms with Gasteiger partial charge in [-0.1, -0.05) is 0 Å². The van der Waals surface area contributed by atoms with E-state index in [-0.39, 0.29) is 53.5 Å². The minimum atomic E-state index is -5.96. The van der Waals surface area contributed by atoms with Gasteiger partial charge in [0.05, 0.1) is 13.2 Å². The number of nitrogens with zero attached hydrogens (tertiary/aromatic N) is 6. The zero-order valence-corrected chi connectivity index (χ0v) is 26.7. The molecule has 0 atom stereocenters. The fraction of sp³-hybridized carbons (Fsp3) is 0.258. The Morgan fingerprint density at radius 2 is 1.45 bits per heavy atom. The van der Waals surface area contributed by atoms with E-state index in [1.807, 2.05) is 0 Å². The van der Waals surface area contributed by atoms with Gasteiger partial charge in [0.2, 0.25) is 0 Å². The highest BCUT2D eigenvalue weighted by Crippen LogP contribution is 2.45. The lowest BCUT2D eigenvalue weighted by Gasteiger charge is -2.19. The monoisotopic (exact) mass is 701 g/mol. The van der Waals surface area contributed by atoms with E-state index in [1.54, 1.807) is 18.6 Å². The van der Waals surface area contributed by atoms with Gasteiger partial charge in [-0.15, -0.1) is 0 Å². The Balaban J connectivity index is 1.52. The second-order valence-corrected chi connectivity index (χ2v) is 12.7. The molecular weight excluding hydrogens is 673 g/mol. The van der Waals surface area contributed by atoms with Gasteiger partial charge in [0.15, 0.2) is 17.5 Å². The van der Waals surface area contributed by atoms with Gasteiger partial charge in [0, 0.05) is 71.0 Å². The number of hydrogen-bond donors (Lipinski definition) is 3. The number of nitrogens with one attached hydrogen (secondary N) is 3. The van der Waals surface area contributed by atoms with Gasteiger partial charge in [-0.3, -0.25) is 19.4 Å². The highest BCUT2D eigenvalue weighted by Gasteiger charge is 2.47. The summed E-state index contributed by atoms with van der Waals surface area (Å²) in [6.07, 6.45) is 7.23. The normalized spacial score (nSPS) is 13.3. The van der Waals surface area contributed by atoms with Crippen LogP contribution >= 0.6 is 0 Å². The molecule has 1 aliphatic carbocycles. The first-order chi connectivity index (χ1) is 23.3. The molecule has 0 aliphatic heterocycles. The lowest BCUT2D eigenvalue weighted by Crippen LogP contribution is -2.30. The van der Waals surface area contributed by atoms with Crippen LogP contribution in [0.3, 0.4) is 0 Å². The van der Waals surface area contributed by atoms with Gasteiger partial charge in [-0.05, 0) is 51.0 Å². The molecule has 6 rings (SSSR count). The second kappa shape index (κ2) is 13.3. The summed E-state index contributed by atoms with van der Waals surface area (Å²) in [5.41, 5.74) is -4.54. The average molecular weight is 702 g/mol. The number of hydrogen-bond acceptors (Lipinski definition) is 10. The maximum Gasteiger partial charge on any atom is 0.516 e. The second-order valence-electron chi connectivity index (χ2n) is 11.0. The van der Waals surface area contributed by atoms with Gasteiger partial charge in [0.1, 0.15) is 28.8 Å². The van der Waals surface area contributed by atoms with E-state index in [1.165, 1.54) is 53.7 Å². The fourth-order valence-electron chi connectivity index (χ4n) is 5.08. The number of alkyl halides is 3. The fourth-order valence-corrected chi connectivity index (χ4v) is 5.66. The molecule has 0 saturated heterocycles. The molecule has 49 heavy (non-hydrogen) atoms. The molecule has 4 heterocycles. The Morgan fingerprint density at radius 1 is 0.918 bits per heavy atom. The topological polar surface area (TPSA) is 149 Å². The van der Waals surface area contributed by atoms with Crippen LogP contribution in [0, 0.1) is 18.6 Å². The zero-order valence-electron chi connectivity index (χ0n) is 25.9. The summed E-state index contributed by atoms with van der Waals surface area (Å²) < 4.78 is 104. The smallest absolute Gasteiger partial charge is 0.494 e. The molecule has 0 spiro atoms. The van der Waals surface area contributed by atoms with Crippen LogP contribution in [0.25, 0.3) is 11.5 Å². The molecule has 3 N–H and O–H groups in total. The third kappa shape index (κ3) is 7.23. The molecular formula is C31H28F5N9O3S. The van der Waals surface area contributed by atoms with E-state index < -0.39 is 32.9 Å². The van der Waals surface area contributed by atoms with E-state index in [0.717, 1.165) is 25.0 Å². The highest BCUT2D eigenvalue weighted by molar-refractivity contribution is 7.93. The molecule has 1 aliphatic rings. The number of pyridine rings is 2. The number of rotatable bonds is 12. The average Bonchev–Trinajstić information content (AvgIpc) is 3.83. The summed E-state index contributed by atoms with van der Waals surface area (Å²) in [4.78, 5) is 16.7. The van der Waals surface area contributed by atoms with Crippen LogP contribution in [-0.4, -0.2) is 50.2 Å². The van der Waals surface area contributed by atoms with Crippen molar-refractivity contribution < 1.29 is 35.1 Å². The Kier molecular flexibility index (Phi) is 9.06. The number of aromatic nitrogens is 6. The van der Waals surface area contributed by atoms with Gasteiger partial charge < -0.3 is 15.4 Å². The maximum atomic E-state index is 15.1. The molecule has 0 radical (unpaired) electrons. The van der Waals surface area contributed by atoms with Gasteiger partial charge in [-0.25, -0.2) is 18.7 Å². The van der Waals surface area contributed by atoms with Crippen molar-refractivity contribution in [3.63, 3.8) is 0 Å². The predicted octanol–water partition coefficient (Wildman–Crippen LogP) is 6.79. The molecule has 1 saturated carbocycles. The van der Waals surface area contributed by atoms with E-state index in [4.69, 9.17) is 4.74 Å². The molecule has 4 aromatic heterocycles. The predicted molar refractivity (Wildman–Crippen MR) is 170 cm³/mol. The summed E-state index contributed by atoms with van der Waals surface area (Å²) in [7, 11) is -5.96. The first-order valence-corrected chi connectivity index (χ1v) is 16.4.